The molecular weight excluding hydrogens is 374 g/mol. The minimum atomic E-state index is -3.51. The summed E-state index contributed by atoms with van der Waals surface area (Å²) in [6.07, 6.45) is 3.23. The lowest BCUT2D eigenvalue weighted by Gasteiger charge is -2.11. The van der Waals surface area contributed by atoms with Crippen LogP contribution in [-0.4, -0.2) is 39.7 Å². The number of nitrogens with zero attached hydrogens (tertiary/aromatic N) is 1. The molecule has 6 heteroatoms. The van der Waals surface area contributed by atoms with Gasteiger partial charge in [0.1, 0.15) is 5.75 Å². The van der Waals surface area contributed by atoms with E-state index < -0.39 is 10.0 Å². The highest BCUT2D eigenvalue weighted by Crippen LogP contribution is 2.22. The van der Waals surface area contributed by atoms with Crippen molar-refractivity contribution < 1.29 is 17.9 Å². The van der Waals surface area contributed by atoms with Crippen LogP contribution in [0.2, 0.25) is 0 Å². The second kappa shape index (κ2) is 7.96. The van der Waals surface area contributed by atoms with E-state index in [1.807, 2.05) is 36.4 Å². The maximum absolute atomic E-state index is 12.4. The van der Waals surface area contributed by atoms with Gasteiger partial charge in [0.25, 0.3) is 0 Å². The average molecular weight is 395 g/mol. The fourth-order valence-electron chi connectivity index (χ4n) is 2.74. The molecule has 0 bridgehead atoms. The second-order valence-electron chi connectivity index (χ2n) is 6.48. The summed E-state index contributed by atoms with van der Waals surface area (Å²) >= 11 is 0. The highest BCUT2D eigenvalue weighted by Gasteiger charge is 2.17. The van der Waals surface area contributed by atoms with Crippen molar-refractivity contribution in [2.24, 2.45) is 0 Å². The Morgan fingerprint density at radius 1 is 0.929 bits per heavy atom. The predicted molar refractivity (Wildman–Crippen MR) is 111 cm³/mol. The minimum Gasteiger partial charge on any atom is -0.497 e. The van der Waals surface area contributed by atoms with Gasteiger partial charge in [0.05, 0.1) is 12.0 Å². The Hall–Kier alpha value is -2.96. The van der Waals surface area contributed by atoms with E-state index in [2.05, 4.69) is 0 Å². The van der Waals surface area contributed by atoms with Crippen molar-refractivity contribution in [2.75, 3.05) is 21.2 Å². The summed E-state index contributed by atoms with van der Waals surface area (Å²) in [7, 11) is 1.06. The van der Waals surface area contributed by atoms with Gasteiger partial charge < -0.3 is 4.74 Å². The first-order chi connectivity index (χ1) is 13.3. The first-order valence-electron chi connectivity index (χ1n) is 8.64. The number of carbonyl (C=O) groups is 1. The molecular formula is C22H21NO4S. The van der Waals surface area contributed by atoms with Gasteiger partial charge >= 0.3 is 0 Å². The van der Waals surface area contributed by atoms with Crippen LogP contribution in [0, 0.1) is 0 Å². The number of allylic oxidation sites excluding steroid dienone is 1. The van der Waals surface area contributed by atoms with Crippen molar-refractivity contribution in [3.63, 3.8) is 0 Å². The number of methoxy groups -OCH3 is 1. The number of rotatable bonds is 6. The van der Waals surface area contributed by atoms with Crippen molar-refractivity contribution >= 4 is 32.7 Å². The van der Waals surface area contributed by atoms with Gasteiger partial charge in [-0.25, -0.2) is 12.7 Å². The smallest absolute Gasteiger partial charge is 0.242 e. The molecule has 0 amide bonds. The number of hydrogen-bond acceptors (Lipinski definition) is 4. The van der Waals surface area contributed by atoms with E-state index in [0.29, 0.717) is 5.56 Å². The monoisotopic (exact) mass is 395 g/mol. The zero-order valence-electron chi connectivity index (χ0n) is 15.9. The third-order valence-corrected chi connectivity index (χ3v) is 6.25. The zero-order valence-corrected chi connectivity index (χ0v) is 16.7. The van der Waals surface area contributed by atoms with Gasteiger partial charge in [-0.05, 0) is 64.9 Å². The lowest BCUT2D eigenvalue weighted by atomic mass is 10.1. The van der Waals surface area contributed by atoms with Crippen LogP contribution in [0.15, 0.2) is 71.6 Å². The molecule has 0 heterocycles. The van der Waals surface area contributed by atoms with Crippen LogP contribution in [-0.2, 0) is 10.0 Å². The van der Waals surface area contributed by atoms with E-state index in [1.54, 1.807) is 13.2 Å². The second-order valence-corrected chi connectivity index (χ2v) is 8.63. The fourth-order valence-corrected chi connectivity index (χ4v) is 3.64. The van der Waals surface area contributed by atoms with Gasteiger partial charge in [-0.1, -0.05) is 24.3 Å². The molecule has 0 aromatic heterocycles. The maximum atomic E-state index is 12.4. The lowest BCUT2D eigenvalue weighted by Crippen LogP contribution is -2.22. The Bertz CT molecular complexity index is 1150. The van der Waals surface area contributed by atoms with Gasteiger partial charge in [0.15, 0.2) is 5.78 Å². The predicted octanol–water partition coefficient (Wildman–Crippen LogP) is 3.99. The molecule has 0 unspecified atom stereocenters. The molecule has 0 aliphatic carbocycles. The van der Waals surface area contributed by atoms with Crippen LogP contribution in [0.25, 0.3) is 16.8 Å². The SMILES string of the molecule is COc1ccc2cc(C=CC(=O)c3ccc(S(=O)(=O)N(C)C)cc3)ccc2c1. The van der Waals surface area contributed by atoms with Gasteiger partial charge in [-0.15, -0.1) is 0 Å². The Kier molecular flexibility index (Phi) is 5.63. The number of sulfonamides is 1. The van der Waals surface area contributed by atoms with E-state index in [4.69, 9.17) is 4.74 Å². The standard InChI is InChI=1S/C22H21NO4S/c1-23(2)28(25,26)21-11-8-17(9-12-21)22(24)13-5-16-4-6-19-15-20(27-3)10-7-18(19)14-16/h4-15H,1-3H3. The number of fused-ring (bicyclic) bond motifs is 1. The van der Waals surface area contributed by atoms with Crippen LogP contribution in [0.4, 0.5) is 0 Å². The lowest BCUT2D eigenvalue weighted by molar-refractivity contribution is 0.104. The summed E-state index contributed by atoms with van der Waals surface area (Å²) in [5, 5.41) is 2.11. The number of carbonyl (C=O) groups excluding carboxylic acids is 1. The molecule has 0 aliphatic rings. The summed E-state index contributed by atoms with van der Waals surface area (Å²) in [5.74, 6) is 0.606. The summed E-state index contributed by atoms with van der Waals surface area (Å²) in [4.78, 5) is 12.6. The van der Waals surface area contributed by atoms with E-state index in [1.165, 1.54) is 44.4 Å². The fraction of sp³-hybridized carbons (Fsp3) is 0.136. The molecule has 144 valence electrons. The summed E-state index contributed by atoms with van der Waals surface area (Å²) in [5.41, 5.74) is 1.33. The molecule has 0 atom stereocenters. The molecule has 0 radical (unpaired) electrons. The Morgan fingerprint density at radius 3 is 2.21 bits per heavy atom. The molecule has 0 fully saturated rings. The Labute approximate surface area is 164 Å². The summed E-state index contributed by atoms with van der Waals surface area (Å²) in [6, 6.07) is 17.6. The molecule has 3 rings (SSSR count). The van der Waals surface area contributed by atoms with Gasteiger partial charge in [-0.2, -0.15) is 0 Å². The van der Waals surface area contributed by atoms with Crippen molar-refractivity contribution in [3.05, 3.63) is 77.9 Å². The normalized spacial score (nSPS) is 12.0. The van der Waals surface area contributed by atoms with E-state index in [-0.39, 0.29) is 10.7 Å². The van der Waals surface area contributed by atoms with Gasteiger partial charge in [0, 0.05) is 19.7 Å². The highest BCUT2D eigenvalue weighted by atomic mass is 32.2. The number of ketones is 1. The average Bonchev–Trinajstić information content (AvgIpc) is 2.71. The summed E-state index contributed by atoms with van der Waals surface area (Å²) in [6.45, 7) is 0. The molecule has 0 aliphatic heterocycles. The van der Waals surface area contributed by atoms with E-state index >= 15 is 0 Å². The molecule has 3 aromatic rings. The van der Waals surface area contributed by atoms with Crippen molar-refractivity contribution in [2.45, 2.75) is 4.90 Å². The number of hydrogen-bond donors (Lipinski definition) is 0. The van der Waals surface area contributed by atoms with Crippen LogP contribution < -0.4 is 4.74 Å². The topological polar surface area (TPSA) is 63.7 Å². The quantitative estimate of drug-likeness (QED) is 0.468. The van der Waals surface area contributed by atoms with Crippen LogP contribution in [0.1, 0.15) is 15.9 Å². The largest absolute Gasteiger partial charge is 0.497 e. The van der Waals surface area contributed by atoms with Crippen molar-refractivity contribution in [3.8, 4) is 5.75 Å². The molecule has 0 N–H and O–H groups in total. The van der Waals surface area contributed by atoms with E-state index in [0.717, 1.165) is 26.4 Å². The minimum absolute atomic E-state index is 0.156. The maximum Gasteiger partial charge on any atom is 0.242 e. The first kappa shape index (κ1) is 19.8. The van der Waals surface area contributed by atoms with Crippen LogP contribution >= 0.6 is 0 Å². The molecule has 5 nitrogen and oxygen atoms in total. The highest BCUT2D eigenvalue weighted by molar-refractivity contribution is 7.89. The van der Waals surface area contributed by atoms with Gasteiger partial charge in [-0.3, -0.25) is 4.79 Å². The van der Waals surface area contributed by atoms with Gasteiger partial charge in [0.2, 0.25) is 10.0 Å². The molecule has 0 spiro atoms. The zero-order chi connectivity index (χ0) is 20.3. The van der Waals surface area contributed by atoms with E-state index in [9.17, 15) is 13.2 Å². The third-order valence-electron chi connectivity index (χ3n) is 4.42. The third kappa shape index (κ3) is 4.13. The Balaban J connectivity index is 1.79. The van der Waals surface area contributed by atoms with Crippen molar-refractivity contribution in [1.82, 2.24) is 4.31 Å². The number of ether oxygens (including phenoxy) is 1. The van der Waals surface area contributed by atoms with Crippen molar-refractivity contribution in [1.29, 1.82) is 0 Å². The van der Waals surface area contributed by atoms with Crippen LogP contribution in [0.5, 0.6) is 5.75 Å². The molecule has 28 heavy (non-hydrogen) atoms. The molecule has 0 saturated heterocycles. The number of benzene rings is 3. The first-order valence-corrected chi connectivity index (χ1v) is 10.1. The Morgan fingerprint density at radius 2 is 1.57 bits per heavy atom. The van der Waals surface area contributed by atoms with Crippen LogP contribution in [0.3, 0.4) is 0 Å². The summed E-state index contributed by atoms with van der Waals surface area (Å²) < 4.78 is 30.5. The molecule has 3 aromatic carbocycles. The molecule has 0 saturated carbocycles.